The van der Waals surface area contributed by atoms with E-state index in [9.17, 15) is 0 Å². The molecule has 3 aliphatic carbocycles. The van der Waals surface area contributed by atoms with E-state index in [0.717, 1.165) is 24.2 Å². The standard InChI is InChI=1S/C12H15B/c1-7-4-10(7)13(11-5-8(11)2)12-6-9(12)3/h10-12H,1-6H2. The monoisotopic (exact) mass is 170 g/mol. The van der Waals surface area contributed by atoms with E-state index in [1.165, 1.54) is 36.0 Å². The lowest BCUT2D eigenvalue weighted by Crippen LogP contribution is -2.13. The average molecular weight is 170 g/mol. The maximum absolute atomic E-state index is 4.08. The van der Waals surface area contributed by atoms with Crippen LogP contribution in [0.5, 0.6) is 0 Å². The molecule has 66 valence electrons. The lowest BCUT2D eigenvalue weighted by atomic mass is 9.37. The van der Waals surface area contributed by atoms with Crippen LogP contribution in [0.3, 0.4) is 0 Å². The summed E-state index contributed by atoms with van der Waals surface area (Å²) in [5.74, 6) is 2.48. The van der Waals surface area contributed by atoms with Crippen molar-refractivity contribution in [2.45, 2.75) is 36.7 Å². The molecule has 3 unspecified atom stereocenters. The highest BCUT2D eigenvalue weighted by molar-refractivity contribution is 6.69. The first kappa shape index (κ1) is 7.67. The Morgan fingerprint density at radius 1 is 0.769 bits per heavy atom. The van der Waals surface area contributed by atoms with E-state index in [1.807, 2.05) is 0 Å². The van der Waals surface area contributed by atoms with Crippen LogP contribution in [0.25, 0.3) is 0 Å². The van der Waals surface area contributed by atoms with Crippen molar-refractivity contribution in [3.63, 3.8) is 0 Å². The summed E-state index contributed by atoms with van der Waals surface area (Å²) in [7, 11) is 0. The Balaban J connectivity index is 1.77. The summed E-state index contributed by atoms with van der Waals surface area (Å²) in [6, 6.07) is 0. The second-order valence-electron chi connectivity index (χ2n) is 4.98. The molecule has 3 saturated carbocycles. The Labute approximate surface area is 80.5 Å². The van der Waals surface area contributed by atoms with Crippen molar-refractivity contribution in [3.8, 4) is 0 Å². The van der Waals surface area contributed by atoms with Gasteiger partial charge in [-0.25, -0.2) is 0 Å². The van der Waals surface area contributed by atoms with Crippen LogP contribution >= 0.6 is 0 Å². The molecule has 0 bridgehead atoms. The fraction of sp³-hybridized carbons (Fsp3) is 0.500. The highest BCUT2D eigenvalue weighted by atomic mass is 14.4. The van der Waals surface area contributed by atoms with Crippen molar-refractivity contribution >= 4 is 6.71 Å². The summed E-state index contributed by atoms with van der Waals surface area (Å²) < 4.78 is 0. The smallest absolute Gasteiger partial charge is 0.100 e. The SMILES string of the molecule is C=C1CC1B(C1CC1=C)C1CC1=C. The van der Waals surface area contributed by atoms with Gasteiger partial charge in [-0.3, -0.25) is 0 Å². The predicted molar refractivity (Wildman–Crippen MR) is 58.3 cm³/mol. The molecule has 0 aromatic rings. The lowest BCUT2D eigenvalue weighted by Gasteiger charge is -2.07. The van der Waals surface area contributed by atoms with Crippen LogP contribution in [0.1, 0.15) is 19.3 Å². The quantitative estimate of drug-likeness (QED) is 0.449. The van der Waals surface area contributed by atoms with Gasteiger partial charge in [-0.15, -0.1) is 19.7 Å². The van der Waals surface area contributed by atoms with Gasteiger partial charge in [0.25, 0.3) is 0 Å². The van der Waals surface area contributed by atoms with Crippen molar-refractivity contribution in [2.24, 2.45) is 0 Å². The van der Waals surface area contributed by atoms with Gasteiger partial charge in [0.1, 0.15) is 0 Å². The molecule has 0 N–H and O–H groups in total. The summed E-state index contributed by atoms with van der Waals surface area (Å²) in [4.78, 5) is 0. The second-order valence-corrected chi connectivity index (χ2v) is 4.98. The summed E-state index contributed by atoms with van der Waals surface area (Å²) in [6.07, 6.45) is 3.83. The van der Waals surface area contributed by atoms with Crippen molar-refractivity contribution in [2.75, 3.05) is 0 Å². The topological polar surface area (TPSA) is 0 Å². The second kappa shape index (κ2) is 2.20. The van der Waals surface area contributed by atoms with Gasteiger partial charge in [-0.05, 0) is 36.7 Å². The van der Waals surface area contributed by atoms with E-state index >= 15 is 0 Å². The van der Waals surface area contributed by atoms with Crippen LogP contribution in [-0.4, -0.2) is 6.71 Å². The van der Waals surface area contributed by atoms with Gasteiger partial charge < -0.3 is 0 Å². The van der Waals surface area contributed by atoms with E-state index in [0.29, 0.717) is 0 Å². The Morgan fingerprint density at radius 2 is 1.00 bits per heavy atom. The number of rotatable bonds is 3. The maximum Gasteiger partial charge on any atom is 0.163 e. The molecule has 0 heterocycles. The van der Waals surface area contributed by atoms with Crippen LogP contribution < -0.4 is 0 Å². The third-order valence-corrected chi connectivity index (χ3v) is 3.93. The summed E-state index contributed by atoms with van der Waals surface area (Å²) >= 11 is 0. The highest BCUT2D eigenvalue weighted by Gasteiger charge is 2.55. The molecule has 0 amide bonds. The minimum absolute atomic E-state index is 0.827. The van der Waals surface area contributed by atoms with Crippen molar-refractivity contribution < 1.29 is 0 Å². The van der Waals surface area contributed by atoms with Crippen molar-refractivity contribution in [1.82, 2.24) is 0 Å². The van der Waals surface area contributed by atoms with E-state index < -0.39 is 0 Å². The molecular weight excluding hydrogens is 155 g/mol. The van der Waals surface area contributed by atoms with Gasteiger partial charge in [0, 0.05) is 0 Å². The van der Waals surface area contributed by atoms with Crippen molar-refractivity contribution in [3.05, 3.63) is 36.5 Å². The Bertz CT molecular complexity index is 274. The zero-order valence-electron chi connectivity index (χ0n) is 8.05. The molecule has 1 heteroatoms. The van der Waals surface area contributed by atoms with Crippen LogP contribution in [0.4, 0.5) is 0 Å². The van der Waals surface area contributed by atoms with Gasteiger partial charge in [0.05, 0.1) is 0 Å². The maximum atomic E-state index is 4.08. The fourth-order valence-electron chi connectivity index (χ4n) is 2.74. The third-order valence-electron chi connectivity index (χ3n) is 3.93. The zero-order chi connectivity index (χ0) is 9.16. The van der Waals surface area contributed by atoms with Gasteiger partial charge in [0.2, 0.25) is 0 Å². The molecule has 0 radical (unpaired) electrons. The molecule has 0 spiro atoms. The molecule has 3 fully saturated rings. The summed E-state index contributed by atoms with van der Waals surface area (Å²) in [6.45, 7) is 13.1. The molecule has 0 nitrogen and oxygen atoms in total. The van der Waals surface area contributed by atoms with Crippen LogP contribution in [-0.2, 0) is 0 Å². The van der Waals surface area contributed by atoms with Crippen LogP contribution in [0.15, 0.2) is 36.5 Å². The highest BCUT2D eigenvalue weighted by Crippen LogP contribution is 2.65. The molecule has 0 aromatic heterocycles. The van der Waals surface area contributed by atoms with Crippen LogP contribution in [0, 0.1) is 0 Å². The number of allylic oxidation sites excluding steroid dienone is 3. The van der Waals surface area contributed by atoms with Gasteiger partial charge in [-0.1, -0.05) is 16.7 Å². The fourth-order valence-corrected chi connectivity index (χ4v) is 2.74. The molecule has 3 rings (SSSR count). The molecule has 13 heavy (non-hydrogen) atoms. The Morgan fingerprint density at radius 3 is 1.15 bits per heavy atom. The van der Waals surface area contributed by atoms with Crippen LogP contribution in [0.2, 0.25) is 17.5 Å². The number of hydrogen-bond acceptors (Lipinski definition) is 0. The molecule has 0 aromatic carbocycles. The van der Waals surface area contributed by atoms with E-state index in [2.05, 4.69) is 19.7 Å². The first-order valence-corrected chi connectivity index (χ1v) is 5.21. The largest absolute Gasteiger partial charge is 0.163 e. The molecule has 3 atom stereocenters. The number of hydrogen-bond donors (Lipinski definition) is 0. The lowest BCUT2D eigenvalue weighted by molar-refractivity contribution is 1.22. The van der Waals surface area contributed by atoms with Gasteiger partial charge in [-0.2, -0.15) is 0 Å². The zero-order valence-corrected chi connectivity index (χ0v) is 8.05. The average Bonchev–Trinajstić information content (AvgIpc) is 2.92. The predicted octanol–water partition coefficient (Wildman–Crippen LogP) is 3.47. The van der Waals surface area contributed by atoms with Gasteiger partial charge in [0.15, 0.2) is 6.71 Å². The first-order chi connectivity index (χ1) is 6.18. The van der Waals surface area contributed by atoms with E-state index in [4.69, 9.17) is 0 Å². The minimum atomic E-state index is 0.827. The molecular formula is C12H15B. The third kappa shape index (κ3) is 1.13. The van der Waals surface area contributed by atoms with E-state index in [-0.39, 0.29) is 0 Å². The minimum Gasteiger partial charge on any atom is -0.100 e. The van der Waals surface area contributed by atoms with E-state index in [1.54, 1.807) is 0 Å². The Kier molecular flexibility index (Phi) is 1.30. The molecule has 3 aliphatic rings. The summed E-state index contributed by atoms with van der Waals surface area (Å²) in [5, 5.41) is 0. The summed E-state index contributed by atoms with van der Waals surface area (Å²) in [5.41, 5.74) is 4.43. The van der Waals surface area contributed by atoms with Gasteiger partial charge >= 0.3 is 0 Å². The van der Waals surface area contributed by atoms with Crippen molar-refractivity contribution in [1.29, 1.82) is 0 Å². The molecule has 0 saturated heterocycles. The Hall–Kier alpha value is -0.715. The normalized spacial score (nSPS) is 40.6. The molecule has 0 aliphatic heterocycles. The first-order valence-electron chi connectivity index (χ1n) is 5.21.